The Morgan fingerprint density at radius 3 is 2.30 bits per heavy atom. The minimum absolute atomic E-state index is 0.141. The fraction of sp³-hybridized carbons (Fsp3) is 0.158. The molecule has 0 unspecified atom stereocenters. The quantitative estimate of drug-likeness (QED) is 0.683. The first kappa shape index (κ1) is 18.8. The number of amides is 1. The van der Waals surface area contributed by atoms with Gasteiger partial charge in [0.25, 0.3) is 0 Å². The highest BCUT2D eigenvalue weighted by atomic mass is 32.2. The van der Waals surface area contributed by atoms with Crippen LogP contribution in [0.5, 0.6) is 0 Å². The Kier molecular flexibility index (Phi) is 5.38. The number of nitrogens with one attached hydrogen (secondary N) is 2. The number of anilines is 1. The molecule has 0 saturated carbocycles. The number of aromatic nitrogens is 2. The van der Waals surface area contributed by atoms with Crippen molar-refractivity contribution in [3.8, 4) is 5.69 Å². The second kappa shape index (κ2) is 7.73. The second-order valence-corrected chi connectivity index (χ2v) is 7.81. The predicted molar refractivity (Wildman–Crippen MR) is 103 cm³/mol. The lowest BCUT2D eigenvalue weighted by atomic mass is 10.2. The number of carbonyl (C=O) groups excluding carboxylic acids is 1. The average molecular weight is 384 g/mol. The first-order valence-electron chi connectivity index (χ1n) is 8.32. The number of imidazole rings is 1. The van der Waals surface area contributed by atoms with Crippen molar-refractivity contribution in [3.05, 3.63) is 72.3 Å². The molecule has 2 N–H and O–H groups in total. The van der Waals surface area contributed by atoms with E-state index in [-0.39, 0.29) is 17.3 Å². The molecule has 0 fully saturated rings. The van der Waals surface area contributed by atoms with Gasteiger partial charge in [0.15, 0.2) is 0 Å². The topological polar surface area (TPSA) is 93.1 Å². The summed E-state index contributed by atoms with van der Waals surface area (Å²) in [5.41, 5.74) is 2.35. The van der Waals surface area contributed by atoms with Crippen molar-refractivity contribution >= 4 is 21.6 Å². The summed E-state index contributed by atoms with van der Waals surface area (Å²) in [6.45, 7) is 3.49. The van der Waals surface area contributed by atoms with Crippen molar-refractivity contribution in [1.82, 2.24) is 14.3 Å². The smallest absolute Gasteiger partial charge is 0.240 e. The lowest BCUT2D eigenvalue weighted by molar-refractivity contribution is -0.114. The van der Waals surface area contributed by atoms with Gasteiger partial charge in [-0.3, -0.25) is 4.79 Å². The first-order valence-corrected chi connectivity index (χ1v) is 9.80. The lowest BCUT2D eigenvalue weighted by Crippen LogP contribution is -2.23. The van der Waals surface area contributed by atoms with E-state index in [1.807, 2.05) is 42.0 Å². The predicted octanol–water partition coefficient (Wildman–Crippen LogP) is 2.62. The van der Waals surface area contributed by atoms with Crippen LogP contribution in [0.15, 0.2) is 65.8 Å². The molecule has 0 saturated heterocycles. The molecule has 8 heteroatoms. The second-order valence-electron chi connectivity index (χ2n) is 6.04. The first-order chi connectivity index (χ1) is 12.8. The molecule has 2 aromatic carbocycles. The fourth-order valence-corrected chi connectivity index (χ4v) is 3.63. The Labute approximate surface area is 158 Å². The van der Waals surface area contributed by atoms with E-state index in [4.69, 9.17) is 0 Å². The number of aryl methyl sites for hydroxylation is 1. The summed E-state index contributed by atoms with van der Waals surface area (Å²) in [5, 5.41) is 2.60. The highest BCUT2D eigenvalue weighted by Crippen LogP contribution is 2.15. The third kappa shape index (κ3) is 4.60. The number of nitrogens with zero attached hydrogens (tertiary/aromatic N) is 2. The summed E-state index contributed by atoms with van der Waals surface area (Å²) in [6, 6.07) is 13.6. The van der Waals surface area contributed by atoms with E-state index < -0.39 is 10.0 Å². The van der Waals surface area contributed by atoms with Crippen molar-refractivity contribution in [2.24, 2.45) is 0 Å². The van der Waals surface area contributed by atoms with Crippen LogP contribution in [0.1, 0.15) is 18.3 Å². The molecule has 0 atom stereocenters. The zero-order chi connectivity index (χ0) is 19.4. The van der Waals surface area contributed by atoms with Crippen LogP contribution in [0.2, 0.25) is 0 Å². The van der Waals surface area contributed by atoms with Crippen molar-refractivity contribution in [3.63, 3.8) is 0 Å². The Hall–Kier alpha value is -2.97. The molecule has 0 bridgehead atoms. The van der Waals surface area contributed by atoms with Gasteiger partial charge in [0.2, 0.25) is 15.9 Å². The number of sulfonamides is 1. The van der Waals surface area contributed by atoms with Crippen LogP contribution in [-0.4, -0.2) is 23.9 Å². The molecule has 140 valence electrons. The summed E-state index contributed by atoms with van der Waals surface area (Å²) >= 11 is 0. The van der Waals surface area contributed by atoms with E-state index >= 15 is 0 Å². The van der Waals surface area contributed by atoms with Crippen LogP contribution in [0, 0.1) is 6.92 Å². The van der Waals surface area contributed by atoms with Gasteiger partial charge in [-0.05, 0) is 48.9 Å². The number of benzene rings is 2. The maximum atomic E-state index is 12.4. The van der Waals surface area contributed by atoms with Crippen LogP contribution in [0.4, 0.5) is 5.69 Å². The van der Waals surface area contributed by atoms with Crippen LogP contribution in [0.25, 0.3) is 5.69 Å². The standard InChI is InChI=1S/C19H20N4O3S/c1-14-20-11-12-23(14)18-7-3-16(4-8-18)13-21-27(25,26)19-9-5-17(6-10-19)22-15(2)24/h3-12,21H,13H2,1-2H3,(H,22,24). The van der Waals surface area contributed by atoms with Crippen molar-refractivity contribution in [1.29, 1.82) is 0 Å². The molecule has 7 nitrogen and oxygen atoms in total. The van der Waals surface area contributed by atoms with Gasteiger partial charge >= 0.3 is 0 Å². The highest BCUT2D eigenvalue weighted by Gasteiger charge is 2.13. The van der Waals surface area contributed by atoms with Crippen LogP contribution < -0.4 is 10.0 Å². The van der Waals surface area contributed by atoms with E-state index in [9.17, 15) is 13.2 Å². The average Bonchev–Trinajstić information content (AvgIpc) is 3.06. The van der Waals surface area contributed by atoms with Gasteiger partial charge in [-0.15, -0.1) is 0 Å². The molecular formula is C19H20N4O3S. The van der Waals surface area contributed by atoms with Gasteiger partial charge in [0.1, 0.15) is 5.82 Å². The molecule has 1 heterocycles. The number of carbonyl (C=O) groups is 1. The van der Waals surface area contributed by atoms with E-state index in [1.54, 1.807) is 18.3 Å². The monoisotopic (exact) mass is 384 g/mol. The molecule has 3 aromatic rings. The molecule has 0 aliphatic carbocycles. The third-order valence-corrected chi connectivity index (χ3v) is 5.41. The maximum absolute atomic E-state index is 12.4. The van der Waals surface area contributed by atoms with E-state index in [1.165, 1.54) is 19.1 Å². The number of hydrogen-bond acceptors (Lipinski definition) is 4. The summed E-state index contributed by atoms with van der Waals surface area (Å²) in [5.74, 6) is 0.671. The van der Waals surface area contributed by atoms with Gasteiger partial charge in [0, 0.05) is 37.2 Å². The summed E-state index contributed by atoms with van der Waals surface area (Å²) in [4.78, 5) is 15.4. The molecule has 3 rings (SSSR count). The number of hydrogen-bond donors (Lipinski definition) is 2. The van der Waals surface area contributed by atoms with Gasteiger partial charge in [0.05, 0.1) is 4.90 Å². The van der Waals surface area contributed by atoms with Crippen molar-refractivity contribution in [2.45, 2.75) is 25.3 Å². The van der Waals surface area contributed by atoms with Crippen LogP contribution >= 0.6 is 0 Å². The third-order valence-electron chi connectivity index (χ3n) is 3.99. The van der Waals surface area contributed by atoms with Gasteiger partial charge in [-0.25, -0.2) is 18.1 Å². The zero-order valence-electron chi connectivity index (χ0n) is 15.0. The summed E-state index contributed by atoms with van der Waals surface area (Å²) in [7, 11) is -3.64. The van der Waals surface area contributed by atoms with Crippen molar-refractivity contribution in [2.75, 3.05) is 5.32 Å². The van der Waals surface area contributed by atoms with Crippen LogP contribution in [0.3, 0.4) is 0 Å². The Balaban J connectivity index is 1.66. The molecule has 0 radical (unpaired) electrons. The highest BCUT2D eigenvalue weighted by molar-refractivity contribution is 7.89. The minimum Gasteiger partial charge on any atom is -0.326 e. The molecule has 0 aliphatic heterocycles. The van der Waals surface area contributed by atoms with E-state index in [2.05, 4.69) is 15.0 Å². The molecule has 0 spiro atoms. The summed E-state index contributed by atoms with van der Waals surface area (Å²) in [6.07, 6.45) is 3.60. The normalized spacial score (nSPS) is 11.3. The minimum atomic E-state index is -3.64. The van der Waals surface area contributed by atoms with Gasteiger partial charge < -0.3 is 9.88 Å². The molecule has 0 aliphatic rings. The van der Waals surface area contributed by atoms with Crippen molar-refractivity contribution < 1.29 is 13.2 Å². The largest absolute Gasteiger partial charge is 0.326 e. The molecule has 1 amide bonds. The maximum Gasteiger partial charge on any atom is 0.240 e. The van der Waals surface area contributed by atoms with Gasteiger partial charge in [-0.2, -0.15) is 0 Å². The zero-order valence-corrected chi connectivity index (χ0v) is 15.8. The Morgan fingerprint density at radius 1 is 1.07 bits per heavy atom. The fourth-order valence-electron chi connectivity index (χ4n) is 2.61. The van der Waals surface area contributed by atoms with E-state index in [0.717, 1.165) is 17.1 Å². The molecule has 1 aromatic heterocycles. The Bertz CT molecular complexity index is 1040. The number of rotatable bonds is 6. The van der Waals surface area contributed by atoms with Gasteiger partial charge in [-0.1, -0.05) is 12.1 Å². The SMILES string of the molecule is CC(=O)Nc1ccc(S(=O)(=O)NCc2ccc(-n3ccnc3C)cc2)cc1. The Morgan fingerprint density at radius 2 is 1.74 bits per heavy atom. The lowest BCUT2D eigenvalue weighted by Gasteiger charge is -2.09. The summed E-state index contributed by atoms with van der Waals surface area (Å²) < 4.78 is 29.4. The van der Waals surface area contributed by atoms with E-state index in [0.29, 0.717) is 5.69 Å². The molecule has 27 heavy (non-hydrogen) atoms. The molecular weight excluding hydrogens is 364 g/mol. The van der Waals surface area contributed by atoms with Crippen LogP contribution in [-0.2, 0) is 21.4 Å².